The van der Waals surface area contributed by atoms with Gasteiger partial charge < -0.3 is 24.2 Å². The Labute approximate surface area is 258 Å². The average Bonchev–Trinajstić information content (AvgIpc) is 3.07. The molecule has 0 amide bonds. The third kappa shape index (κ3) is 6.68. The number of fused-ring (bicyclic) bond motifs is 3. The fourth-order valence-corrected chi connectivity index (χ4v) is 8.68. The number of carbonyl (C=O) groups is 1. The van der Waals surface area contributed by atoms with Crippen LogP contribution < -0.4 is 14.8 Å². The number of primary sulfonamides is 1. The Morgan fingerprint density at radius 2 is 2.07 bits per heavy atom. The Bertz CT molecular complexity index is 1470. The van der Waals surface area contributed by atoms with Crippen LogP contribution in [0.3, 0.4) is 0 Å². The molecule has 0 bridgehead atoms. The average molecular weight is 633 g/mol. The van der Waals surface area contributed by atoms with Crippen molar-refractivity contribution in [3.05, 3.63) is 58.1 Å². The van der Waals surface area contributed by atoms with Crippen LogP contribution in [0.1, 0.15) is 66.9 Å². The molecule has 1 spiro atoms. The van der Waals surface area contributed by atoms with Gasteiger partial charge in [0.1, 0.15) is 5.75 Å². The van der Waals surface area contributed by atoms with Crippen molar-refractivity contribution in [2.24, 2.45) is 17.0 Å². The fraction of sp³-hybridized carbons (Fsp3) is 0.594. The highest BCUT2D eigenvalue weighted by Gasteiger charge is 2.45. The minimum Gasteiger partial charge on any atom is -0.490 e. The lowest BCUT2D eigenvalue weighted by atomic mass is 9.67. The molecule has 2 unspecified atom stereocenters. The molecule has 234 valence electrons. The highest BCUT2D eigenvalue weighted by molar-refractivity contribution is 7.89. The van der Waals surface area contributed by atoms with Gasteiger partial charge in [-0.25, -0.2) is 18.4 Å². The monoisotopic (exact) mass is 632 g/mol. The van der Waals surface area contributed by atoms with E-state index in [1.165, 1.54) is 11.1 Å². The van der Waals surface area contributed by atoms with E-state index in [1.807, 2.05) is 6.07 Å². The zero-order valence-corrected chi connectivity index (χ0v) is 26.1. The molecule has 2 aromatic rings. The molecule has 6 atom stereocenters. The van der Waals surface area contributed by atoms with Crippen LogP contribution in [0.5, 0.6) is 5.75 Å². The summed E-state index contributed by atoms with van der Waals surface area (Å²) >= 11 is 6.39. The van der Waals surface area contributed by atoms with Crippen LogP contribution in [0.2, 0.25) is 5.02 Å². The Morgan fingerprint density at radius 1 is 1.23 bits per heavy atom. The van der Waals surface area contributed by atoms with Crippen molar-refractivity contribution < 1.29 is 32.5 Å². The number of hydrogen-bond acceptors (Lipinski definition) is 7. The maximum Gasteiger partial charge on any atom is 0.335 e. The largest absolute Gasteiger partial charge is 0.490 e. The minimum absolute atomic E-state index is 0.0266. The van der Waals surface area contributed by atoms with Crippen LogP contribution in [0.4, 0.5) is 5.69 Å². The molecule has 2 aromatic carbocycles. The standard InChI is InChI=1S/C32H41ClN2O7S/c1-20(17-43(34,38)39)42-25-10-12-40-30(15-25)26-7-4-23(26)16-35-18-32(11-2-3-21-13-24(33)6-8-27(21)32)19-41-29-9-5-22(31(36)37)14-28(29)35/h5-6,8-9,13-14,20,23,25-26,30H,2-4,7,10-12,15-19H2,1H3,(H,36,37)(H2,34,38,39)/t20?,23-,25+,26+,30+,32?/m0/s1. The first kappa shape index (κ1) is 30.6. The number of anilines is 1. The van der Waals surface area contributed by atoms with E-state index < -0.39 is 22.1 Å². The van der Waals surface area contributed by atoms with Gasteiger partial charge >= 0.3 is 5.97 Å². The van der Waals surface area contributed by atoms with Gasteiger partial charge in [-0.3, -0.25) is 0 Å². The Hall–Kier alpha value is -2.37. The lowest BCUT2D eigenvalue weighted by Gasteiger charge is -2.48. The highest BCUT2D eigenvalue weighted by Crippen LogP contribution is 2.47. The topological polar surface area (TPSA) is 128 Å². The SMILES string of the molecule is CC(CS(N)(=O)=O)O[C@@H]1CCO[C@@H]([C@@H]2CC[C@H]2CN2CC3(CCCc4cc(Cl)ccc43)COc3ccc(C(=O)O)cc32)C1. The summed E-state index contributed by atoms with van der Waals surface area (Å²) in [6, 6.07) is 11.4. The van der Waals surface area contributed by atoms with Crippen molar-refractivity contribution in [3.8, 4) is 5.75 Å². The molecule has 0 aromatic heterocycles. The second kappa shape index (κ2) is 12.2. The zero-order valence-electron chi connectivity index (χ0n) is 24.5. The molecule has 4 aliphatic rings. The van der Waals surface area contributed by atoms with E-state index in [2.05, 4.69) is 17.0 Å². The first-order valence-electron chi connectivity index (χ1n) is 15.3. The number of sulfonamides is 1. The van der Waals surface area contributed by atoms with Crippen LogP contribution in [-0.4, -0.2) is 69.9 Å². The number of hydrogen-bond donors (Lipinski definition) is 2. The van der Waals surface area contributed by atoms with Crippen molar-refractivity contribution >= 4 is 33.3 Å². The molecule has 0 radical (unpaired) electrons. The highest BCUT2D eigenvalue weighted by atomic mass is 35.5. The zero-order chi connectivity index (χ0) is 30.4. The normalized spacial score (nSPS) is 29.5. The second-order valence-corrected chi connectivity index (χ2v) is 15.0. The lowest BCUT2D eigenvalue weighted by Crippen LogP contribution is -2.51. The summed E-state index contributed by atoms with van der Waals surface area (Å²) < 4.78 is 41.9. The molecule has 43 heavy (non-hydrogen) atoms. The smallest absolute Gasteiger partial charge is 0.335 e. The van der Waals surface area contributed by atoms with Gasteiger partial charge in [-0.2, -0.15) is 0 Å². The number of nitrogens with two attached hydrogens (primary N) is 1. The predicted octanol–water partition coefficient (Wildman–Crippen LogP) is 4.78. The molecule has 11 heteroatoms. The van der Waals surface area contributed by atoms with Gasteiger partial charge in [0.15, 0.2) is 0 Å². The second-order valence-electron chi connectivity index (χ2n) is 12.9. The van der Waals surface area contributed by atoms with Crippen molar-refractivity contribution in [3.63, 3.8) is 0 Å². The Morgan fingerprint density at radius 3 is 2.81 bits per heavy atom. The summed E-state index contributed by atoms with van der Waals surface area (Å²) in [4.78, 5) is 14.3. The molecule has 2 heterocycles. The summed E-state index contributed by atoms with van der Waals surface area (Å²) in [5.41, 5.74) is 3.37. The van der Waals surface area contributed by atoms with Crippen LogP contribution in [0.25, 0.3) is 0 Å². The van der Waals surface area contributed by atoms with E-state index >= 15 is 0 Å². The molecular formula is C32H41ClN2O7S. The number of benzene rings is 2. The summed E-state index contributed by atoms with van der Waals surface area (Å²) in [7, 11) is -3.61. The Balaban J connectivity index is 1.24. The number of nitrogens with zero attached hydrogens (tertiary/aromatic N) is 1. The van der Waals surface area contributed by atoms with Crippen LogP contribution >= 0.6 is 11.6 Å². The number of carboxylic acids is 1. The van der Waals surface area contributed by atoms with Gasteiger partial charge in [-0.1, -0.05) is 17.7 Å². The molecule has 9 nitrogen and oxygen atoms in total. The van der Waals surface area contributed by atoms with Crippen LogP contribution in [0, 0.1) is 11.8 Å². The maximum absolute atomic E-state index is 12.0. The summed E-state index contributed by atoms with van der Waals surface area (Å²) in [5.74, 6) is 0.246. The minimum atomic E-state index is -3.61. The number of aryl methyl sites for hydroxylation is 1. The van der Waals surface area contributed by atoms with Crippen molar-refractivity contribution in [2.45, 2.75) is 75.6 Å². The lowest BCUT2D eigenvalue weighted by molar-refractivity contribution is -0.126. The molecule has 6 rings (SSSR count). The molecule has 2 fully saturated rings. The molecule has 1 saturated carbocycles. The van der Waals surface area contributed by atoms with E-state index in [-0.39, 0.29) is 28.9 Å². The van der Waals surface area contributed by atoms with Crippen LogP contribution in [0.15, 0.2) is 36.4 Å². The predicted molar refractivity (Wildman–Crippen MR) is 165 cm³/mol. The van der Waals surface area contributed by atoms with Crippen molar-refractivity contribution in [1.82, 2.24) is 0 Å². The quantitative estimate of drug-likeness (QED) is 0.426. The first-order valence-corrected chi connectivity index (χ1v) is 17.4. The number of ether oxygens (including phenoxy) is 3. The van der Waals surface area contributed by atoms with Gasteiger partial charge in [0.05, 0.1) is 41.9 Å². The van der Waals surface area contributed by atoms with E-state index in [4.69, 9.17) is 31.0 Å². The third-order valence-corrected chi connectivity index (χ3v) is 11.0. The van der Waals surface area contributed by atoms with E-state index in [0.717, 1.165) is 68.7 Å². The van der Waals surface area contributed by atoms with Gasteiger partial charge in [0, 0.05) is 36.6 Å². The summed E-state index contributed by atoms with van der Waals surface area (Å²) in [6.07, 6.45) is 6.03. The van der Waals surface area contributed by atoms with Gasteiger partial charge in [-0.05, 0) is 98.7 Å². The summed E-state index contributed by atoms with van der Waals surface area (Å²) in [5, 5.41) is 15.8. The molecular weight excluding hydrogens is 592 g/mol. The maximum atomic E-state index is 12.0. The molecule has 2 aliphatic heterocycles. The third-order valence-electron chi connectivity index (χ3n) is 9.85. The number of carboxylic acid groups (broad SMARTS) is 1. The number of aromatic carboxylic acids is 1. The van der Waals surface area contributed by atoms with E-state index in [1.54, 1.807) is 25.1 Å². The molecule has 2 aliphatic carbocycles. The van der Waals surface area contributed by atoms with Gasteiger partial charge in [-0.15, -0.1) is 0 Å². The van der Waals surface area contributed by atoms with Crippen molar-refractivity contribution in [1.29, 1.82) is 0 Å². The van der Waals surface area contributed by atoms with Crippen LogP contribution in [-0.2, 0) is 31.3 Å². The molecule has 3 N–H and O–H groups in total. The first-order chi connectivity index (χ1) is 20.5. The van der Waals surface area contributed by atoms with Crippen molar-refractivity contribution in [2.75, 3.05) is 37.0 Å². The van der Waals surface area contributed by atoms with Gasteiger partial charge in [0.25, 0.3) is 0 Å². The van der Waals surface area contributed by atoms with Gasteiger partial charge in [0.2, 0.25) is 10.0 Å². The van der Waals surface area contributed by atoms with E-state index in [9.17, 15) is 18.3 Å². The Kier molecular flexibility index (Phi) is 8.69. The van der Waals surface area contributed by atoms with E-state index in [0.29, 0.717) is 30.8 Å². The number of rotatable bonds is 8. The summed E-state index contributed by atoms with van der Waals surface area (Å²) in [6.45, 7) is 4.34. The molecule has 1 saturated heterocycles. The number of halogens is 1. The fourth-order valence-electron chi connectivity index (χ4n) is 7.75.